The molecule has 0 aliphatic carbocycles. The molecule has 94 valence electrons. The number of carbonyl (C=O) groups is 1. The van der Waals surface area contributed by atoms with Gasteiger partial charge in [0.2, 0.25) is 5.91 Å². The van der Waals surface area contributed by atoms with E-state index >= 15 is 0 Å². The van der Waals surface area contributed by atoms with E-state index in [4.69, 9.17) is 10.8 Å². The van der Waals surface area contributed by atoms with Crippen molar-refractivity contribution in [3.8, 4) is 0 Å². The van der Waals surface area contributed by atoms with Crippen molar-refractivity contribution in [1.82, 2.24) is 0 Å². The van der Waals surface area contributed by atoms with Gasteiger partial charge in [-0.2, -0.15) is 0 Å². The smallest absolute Gasteiger partial charge is 0.278 e. The average molecular weight is 247 g/mol. The van der Waals surface area contributed by atoms with Crippen LogP contribution in [0.4, 0.5) is 13.2 Å². The highest BCUT2D eigenvalue weighted by Gasteiger charge is 2.41. The number of halogens is 3. The summed E-state index contributed by atoms with van der Waals surface area (Å²) in [5, 5.41) is 8.60. The molecular weight excluding hydrogens is 235 g/mol. The Labute approximate surface area is 96.0 Å². The first-order valence-corrected chi connectivity index (χ1v) is 4.90. The van der Waals surface area contributed by atoms with Gasteiger partial charge < -0.3 is 10.8 Å². The number of aliphatic hydroxyl groups is 1. The Morgan fingerprint density at radius 3 is 2.47 bits per heavy atom. The number of aliphatic hydroxyl groups excluding tert-OH is 1. The van der Waals surface area contributed by atoms with Gasteiger partial charge in [-0.15, -0.1) is 0 Å². The van der Waals surface area contributed by atoms with Crippen LogP contribution in [-0.4, -0.2) is 23.5 Å². The van der Waals surface area contributed by atoms with E-state index in [0.717, 1.165) is 12.1 Å². The van der Waals surface area contributed by atoms with Gasteiger partial charge >= 0.3 is 0 Å². The lowest BCUT2D eigenvalue weighted by Gasteiger charge is -2.24. The molecule has 0 spiro atoms. The standard InChI is InChI=1S/C11H12F3NO2/c12-9-4-2-1-3-7(9)8(5-10(15)17)11(13,14)6-16/h1-4,8,16H,5-6H2,(H2,15,17). The second kappa shape index (κ2) is 5.18. The molecule has 0 radical (unpaired) electrons. The van der Waals surface area contributed by atoms with Gasteiger partial charge in [0.05, 0.1) is 5.92 Å². The molecule has 0 saturated carbocycles. The molecule has 1 unspecified atom stereocenters. The molecule has 1 aromatic rings. The molecule has 3 N–H and O–H groups in total. The molecule has 1 aromatic carbocycles. The summed E-state index contributed by atoms with van der Waals surface area (Å²) >= 11 is 0. The predicted molar refractivity (Wildman–Crippen MR) is 55.0 cm³/mol. The van der Waals surface area contributed by atoms with Gasteiger partial charge in [-0.1, -0.05) is 18.2 Å². The number of amides is 1. The molecule has 0 aliphatic rings. The summed E-state index contributed by atoms with van der Waals surface area (Å²) < 4.78 is 40.2. The second-order valence-corrected chi connectivity index (χ2v) is 3.66. The number of rotatable bonds is 5. The molecule has 0 saturated heterocycles. The first-order chi connectivity index (χ1) is 7.88. The van der Waals surface area contributed by atoms with Crippen LogP contribution >= 0.6 is 0 Å². The number of hydrogen-bond acceptors (Lipinski definition) is 2. The van der Waals surface area contributed by atoms with Crippen molar-refractivity contribution in [2.75, 3.05) is 6.61 Å². The van der Waals surface area contributed by atoms with E-state index in [-0.39, 0.29) is 5.56 Å². The number of nitrogens with two attached hydrogens (primary N) is 1. The zero-order valence-electron chi connectivity index (χ0n) is 8.87. The maximum absolute atomic E-state index is 13.4. The van der Waals surface area contributed by atoms with E-state index in [1.54, 1.807) is 0 Å². The lowest BCUT2D eigenvalue weighted by molar-refractivity contribution is -0.123. The van der Waals surface area contributed by atoms with Crippen LogP contribution in [0.5, 0.6) is 0 Å². The molecule has 0 fully saturated rings. The van der Waals surface area contributed by atoms with Crippen molar-refractivity contribution < 1.29 is 23.1 Å². The number of benzene rings is 1. The Balaban J connectivity index is 3.15. The fourth-order valence-electron chi connectivity index (χ4n) is 1.56. The number of carbonyl (C=O) groups excluding carboxylic acids is 1. The van der Waals surface area contributed by atoms with Gasteiger partial charge in [0.1, 0.15) is 12.4 Å². The molecule has 0 aliphatic heterocycles. The van der Waals surface area contributed by atoms with Crippen LogP contribution in [0.15, 0.2) is 24.3 Å². The predicted octanol–water partition coefficient (Wildman–Crippen LogP) is 1.41. The van der Waals surface area contributed by atoms with Crippen molar-refractivity contribution in [2.24, 2.45) is 5.73 Å². The van der Waals surface area contributed by atoms with E-state index in [1.807, 2.05) is 0 Å². The minimum absolute atomic E-state index is 0.328. The average Bonchev–Trinajstić information content (AvgIpc) is 2.26. The van der Waals surface area contributed by atoms with Crippen molar-refractivity contribution in [3.05, 3.63) is 35.6 Å². The number of alkyl halides is 2. The van der Waals surface area contributed by atoms with Gasteiger partial charge in [-0.3, -0.25) is 4.79 Å². The molecular formula is C11H12F3NO2. The van der Waals surface area contributed by atoms with E-state index in [0.29, 0.717) is 0 Å². The summed E-state index contributed by atoms with van der Waals surface area (Å²) in [7, 11) is 0. The third-order valence-corrected chi connectivity index (χ3v) is 2.41. The minimum Gasteiger partial charge on any atom is -0.390 e. The maximum Gasteiger partial charge on any atom is 0.278 e. The summed E-state index contributed by atoms with van der Waals surface area (Å²) in [4.78, 5) is 10.7. The highest BCUT2D eigenvalue weighted by atomic mass is 19.3. The Hall–Kier alpha value is -1.56. The monoisotopic (exact) mass is 247 g/mol. The third kappa shape index (κ3) is 3.20. The van der Waals surface area contributed by atoms with Crippen molar-refractivity contribution >= 4 is 5.91 Å². The Morgan fingerprint density at radius 2 is 2.00 bits per heavy atom. The van der Waals surface area contributed by atoms with Gasteiger partial charge in [-0.05, 0) is 11.6 Å². The first-order valence-electron chi connectivity index (χ1n) is 4.90. The Morgan fingerprint density at radius 1 is 1.41 bits per heavy atom. The van der Waals surface area contributed by atoms with Crippen LogP contribution in [0.25, 0.3) is 0 Å². The second-order valence-electron chi connectivity index (χ2n) is 3.66. The molecule has 17 heavy (non-hydrogen) atoms. The fourth-order valence-corrected chi connectivity index (χ4v) is 1.56. The minimum atomic E-state index is -3.60. The fraction of sp³-hybridized carbons (Fsp3) is 0.364. The van der Waals surface area contributed by atoms with Crippen LogP contribution in [0.3, 0.4) is 0 Å². The van der Waals surface area contributed by atoms with Crippen molar-refractivity contribution in [2.45, 2.75) is 18.3 Å². The summed E-state index contributed by atoms with van der Waals surface area (Å²) in [6.45, 7) is -1.47. The lowest BCUT2D eigenvalue weighted by atomic mass is 9.89. The zero-order valence-corrected chi connectivity index (χ0v) is 8.87. The summed E-state index contributed by atoms with van der Waals surface area (Å²) in [6.07, 6.45) is -0.728. The zero-order chi connectivity index (χ0) is 13.1. The normalized spacial score (nSPS) is 13.4. The molecule has 0 aromatic heterocycles. The van der Waals surface area contributed by atoms with Crippen LogP contribution in [0.2, 0.25) is 0 Å². The van der Waals surface area contributed by atoms with E-state index in [2.05, 4.69) is 0 Å². The van der Waals surface area contributed by atoms with Gasteiger partial charge in [0.25, 0.3) is 5.92 Å². The molecule has 1 amide bonds. The summed E-state index contributed by atoms with van der Waals surface area (Å²) in [6, 6.07) is 4.88. The van der Waals surface area contributed by atoms with Crippen LogP contribution in [0.1, 0.15) is 17.9 Å². The molecule has 0 heterocycles. The van der Waals surface area contributed by atoms with Crippen LogP contribution in [0, 0.1) is 5.82 Å². The lowest BCUT2D eigenvalue weighted by Crippen LogP contribution is -2.34. The van der Waals surface area contributed by atoms with E-state index in [1.165, 1.54) is 12.1 Å². The van der Waals surface area contributed by atoms with Crippen LogP contribution in [-0.2, 0) is 4.79 Å². The van der Waals surface area contributed by atoms with Gasteiger partial charge in [0, 0.05) is 6.42 Å². The summed E-state index contributed by atoms with van der Waals surface area (Å²) in [5.41, 5.74) is 4.53. The van der Waals surface area contributed by atoms with E-state index in [9.17, 15) is 18.0 Å². The van der Waals surface area contributed by atoms with E-state index < -0.39 is 36.6 Å². The molecule has 0 bridgehead atoms. The maximum atomic E-state index is 13.4. The van der Waals surface area contributed by atoms with Gasteiger partial charge in [0.15, 0.2) is 0 Å². The molecule has 6 heteroatoms. The van der Waals surface area contributed by atoms with Crippen molar-refractivity contribution in [1.29, 1.82) is 0 Å². The number of hydrogen-bond donors (Lipinski definition) is 2. The van der Waals surface area contributed by atoms with Gasteiger partial charge in [-0.25, -0.2) is 13.2 Å². The largest absolute Gasteiger partial charge is 0.390 e. The molecule has 1 atom stereocenters. The Bertz CT molecular complexity index is 409. The highest BCUT2D eigenvalue weighted by Crippen LogP contribution is 2.36. The quantitative estimate of drug-likeness (QED) is 0.826. The molecule has 1 rings (SSSR count). The highest BCUT2D eigenvalue weighted by molar-refractivity contribution is 5.75. The topological polar surface area (TPSA) is 63.3 Å². The molecule has 3 nitrogen and oxygen atoms in total. The van der Waals surface area contributed by atoms with Crippen molar-refractivity contribution in [3.63, 3.8) is 0 Å². The van der Waals surface area contributed by atoms with Crippen LogP contribution < -0.4 is 5.73 Å². The SMILES string of the molecule is NC(=O)CC(c1ccccc1F)C(F)(F)CO. The Kier molecular flexibility index (Phi) is 4.11. The first kappa shape index (κ1) is 13.5. The third-order valence-electron chi connectivity index (χ3n) is 2.41. The number of primary amides is 1. The summed E-state index contributed by atoms with van der Waals surface area (Å²) in [5.74, 6) is -7.19.